The normalized spacial score (nSPS) is 13.1. The van der Waals surface area contributed by atoms with E-state index in [2.05, 4.69) is 45.8 Å². The van der Waals surface area contributed by atoms with Crippen molar-refractivity contribution in [1.82, 2.24) is 24.3 Å². The number of hydrogen-bond donors (Lipinski definition) is 2. The van der Waals surface area contributed by atoms with Crippen LogP contribution in [0.25, 0.3) is 28.3 Å². The highest BCUT2D eigenvalue weighted by molar-refractivity contribution is 6.34. The van der Waals surface area contributed by atoms with Gasteiger partial charge in [-0.25, -0.2) is 15.0 Å². The minimum Gasteiger partial charge on any atom is -0.324 e. The van der Waals surface area contributed by atoms with Gasteiger partial charge in [-0.2, -0.15) is 0 Å². The Labute approximate surface area is 254 Å². The molecular weight excluding hydrogens is 558 g/mol. The minimum atomic E-state index is -0.279. The Balaban J connectivity index is 1.23. The fraction of sp³-hybridized carbons (Fsp3) is 0.118. The van der Waals surface area contributed by atoms with Crippen LogP contribution < -0.4 is 10.6 Å². The maximum atomic E-state index is 13.0. The smallest absolute Gasteiger partial charge is 0.257 e. The Morgan fingerprint density at radius 1 is 0.884 bits per heavy atom. The second-order valence-electron chi connectivity index (χ2n) is 10.6. The second kappa shape index (κ2) is 11.3. The third-order valence-corrected chi connectivity index (χ3v) is 7.94. The average Bonchev–Trinajstić information content (AvgIpc) is 3.41. The third-order valence-electron chi connectivity index (χ3n) is 7.61. The van der Waals surface area contributed by atoms with E-state index in [-0.39, 0.29) is 5.91 Å². The number of rotatable bonds is 6. The first-order chi connectivity index (χ1) is 21.0. The Morgan fingerprint density at radius 3 is 2.67 bits per heavy atom. The molecular formula is C34H28ClN7O. The number of benzene rings is 3. The monoisotopic (exact) mass is 585 g/mol. The number of carbonyl (C=O) groups excluding carboxylic acids is 1. The summed E-state index contributed by atoms with van der Waals surface area (Å²) >= 11 is 6.25. The van der Waals surface area contributed by atoms with E-state index >= 15 is 0 Å². The SMILES string of the molecule is CN1CCc2ccc(Nc3nccc(-c4c(-c5cccc(NC(=O)c6ccccc6Cl)c5)nc5ccccn45)n3)cc2C1. The molecule has 0 aliphatic carbocycles. The van der Waals surface area contributed by atoms with E-state index in [0.29, 0.717) is 22.2 Å². The molecule has 0 radical (unpaired) electrons. The van der Waals surface area contributed by atoms with Crippen molar-refractivity contribution in [2.75, 3.05) is 24.2 Å². The van der Waals surface area contributed by atoms with Crippen LogP contribution in [-0.4, -0.2) is 43.8 Å². The highest BCUT2D eigenvalue weighted by atomic mass is 35.5. The van der Waals surface area contributed by atoms with Crippen LogP contribution in [0.4, 0.5) is 17.3 Å². The van der Waals surface area contributed by atoms with Crippen LogP contribution in [0.3, 0.4) is 0 Å². The van der Waals surface area contributed by atoms with E-state index < -0.39 is 0 Å². The highest BCUT2D eigenvalue weighted by Gasteiger charge is 2.19. The summed E-state index contributed by atoms with van der Waals surface area (Å²) in [7, 11) is 2.14. The van der Waals surface area contributed by atoms with E-state index in [9.17, 15) is 4.79 Å². The molecule has 0 saturated heterocycles. The summed E-state index contributed by atoms with van der Waals surface area (Å²) in [5, 5.41) is 6.76. The van der Waals surface area contributed by atoms with Crippen molar-refractivity contribution in [3.63, 3.8) is 0 Å². The maximum Gasteiger partial charge on any atom is 0.257 e. The summed E-state index contributed by atoms with van der Waals surface area (Å²) in [4.78, 5) is 29.7. The fourth-order valence-corrected chi connectivity index (χ4v) is 5.71. The lowest BCUT2D eigenvalue weighted by atomic mass is 9.99. The van der Waals surface area contributed by atoms with Crippen molar-refractivity contribution in [2.45, 2.75) is 13.0 Å². The summed E-state index contributed by atoms with van der Waals surface area (Å²) in [5.41, 5.74) is 8.60. The van der Waals surface area contributed by atoms with Gasteiger partial charge in [-0.05, 0) is 79.2 Å². The standard InChI is InChI=1S/C34H28ClN7O/c1-41-18-15-22-12-13-26(20-24(22)21-41)38-34-36-16-14-29(39-34)32-31(40-30-11-4-5-17-42(30)32)23-7-6-8-25(19-23)37-33(43)27-9-2-3-10-28(27)35/h2-14,16-17,19-20H,15,18,21H2,1H3,(H,37,43)(H,36,38,39). The second-order valence-corrected chi connectivity index (χ2v) is 11.0. The van der Waals surface area contributed by atoms with Crippen LogP contribution in [-0.2, 0) is 13.0 Å². The van der Waals surface area contributed by atoms with E-state index in [1.54, 1.807) is 30.5 Å². The van der Waals surface area contributed by atoms with E-state index in [1.165, 1.54) is 11.1 Å². The van der Waals surface area contributed by atoms with Crippen molar-refractivity contribution in [2.24, 2.45) is 0 Å². The van der Waals surface area contributed by atoms with Gasteiger partial charge in [0.15, 0.2) is 0 Å². The summed E-state index contributed by atoms with van der Waals surface area (Å²) < 4.78 is 2.02. The molecule has 3 aromatic heterocycles. The molecule has 0 unspecified atom stereocenters. The van der Waals surface area contributed by atoms with E-state index in [0.717, 1.165) is 53.5 Å². The molecule has 8 nitrogen and oxygen atoms in total. The number of aromatic nitrogens is 4. The number of fused-ring (bicyclic) bond motifs is 2. The van der Waals surface area contributed by atoms with Crippen LogP contribution in [0.1, 0.15) is 21.5 Å². The molecule has 7 rings (SSSR count). The van der Waals surface area contributed by atoms with Crippen molar-refractivity contribution < 1.29 is 4.79 Å². The lowest BCUT2D eigenvalue weighted by Gasteiger charge is -2.25. The van der Waals surface area contributed by atoms with Crippen LogP contribution in [0, 0.1) is 0 Å². The van der Waals surface area contributed by atoms with Crippen molar-refractivity contribution in [3.05, 3.63) is 125 Å². The first-order valence-electron chi connectivity index (χ1n) is 14.1. The molecule has 1 aliphatic heterocycles. The first kappa shape index (κ1) is 26.8. The van der Waals surface area contributed by atoms with Crippen LogP contribution in [0.5, 0.6) is 0 Å². The molecule has 3 aromatic carbocycles. The lowest BCUT2D eigenvalue weighted by molar-refractivity contribution is 0.102. The predicted molar refractivity (Wildman–Crippen MR) is 171 cm³/mol. The number of likely N-dealkylation sites (N-methyl/N-ethyl adjacent to an activating group) is 1. The van der Waals surface area contributed by atoms with E-state index in [1.807, 2.05) is 59.1 Å². The molecule has 9 heteroatoms. The van der Waals surface area contributed by atoms with Gasteiger partial charge in [0, 0.05) is 42.4 Å². The van der Waals surface area contributed by atoms with Crippen molar-refractivity contribution in [3.8, 4) is 22.6 Å². The first-order valence-corrected chi connectivity index (χ1v) is 14.4. The fourth-order valence-electron chi connectivity index (χ4n) is 5.49. The molecule has 4 heterocycles. The molecule has 0 bridgehead atoms. The zero-order valence-electron chi connectivity index (χ0n) is 23.5. The molecule has 43 heavy (non-hydrogen) atoms. The number of amides is 1. The molecule has 1 aliphatic rings. The summed E-state index contributed by atoms with van der Waals surface area (Å²) in [6, 6.07) is 28.8. The molecule has 212 valence electrons. The summed E-state index contributed by atoms with van der Waals surface area (Å²) in [6.07, 6.45) is 4.78. The number of nitrogens with one attached hydrogen (secondary N) is 2. The number of imidazole rings is 1. The molecule has 2 N–H and O–H groups in total. The van der Waals surface area contributed by atoms with Gasteiger partial charge in [0.2, 0.25) is 5.95 Å². The van der Waals surface area contributed by atoms with Crippen molar-refractivity contribution >= 4 is 40.5 Å². The predicted octanol–water partition coefficient (Wildman–Crippen LogP) is 7.10. The number of hydrogen-bond acceptors (Lipinski definition) is 6. The number of anilines is 3. The van der Waals surface area contributed by atoms with Gasteiger partial charge in [0.05, 0.1) is 27.7 Å². The maximum absolute atomic E-state index is 13.0. The van der Waals surface area contributed by atoms with E-state index in [4.69, 9.17) is 21.6 Å². The third kappa shape index (κ3) is 5.46. The number of pyridine rings is 1. The van der Waals surface area contributed by atoms with Gasteiger partial charge in [-0.3, -0.25) is 9.20 Å². The molecule has 1 amide bonds. The number of carbonyl (C=O) groups is 1. The summed E-state index contributed by atoms with van der Waals surface area (Å²) in [6.45, 7) is 2.00. The van der Waals surface area contributed by atoms with Crippen LogP contribution >= 0.6 is 11.6 Å². The number of halogens is 1. The zero-order chi connectivity index (χ0) is 29.3. The Hall–Kier alpha value is -5.05. The van der Waals surface area contributed by atoms with Gasteiger partial charge >= 0.3 is 0 Å². The molecule has 0 atom stereocenters. The Bertz CT molecular complexity index is 1990. The van der Waals surface area contributed by atoms with Crippen LogP contribution in [0.2, 0.25) is 5.02 Å². The van der Waals surface area contributed by atoms with Gasteiger partial charge < -0.3 is 15.5 Å². The molecule has 0 fully saturated rings. The Kier molecular flexibility index (Phi) is 7.06. The molecule has 6 aromatic rings. The van der Waals surface area contributed by atoms with Gasteiger partial charge in [0.1, 0.15) is 5.65 Å². The van der Waals surface area contributed by atoms with Crippen molar-refractivity contribution in [1.29, 1.82) is 0 Å². The topological polar surface area (TPSA) is 87.5 Å². The lowest BCUT2D eigenvalue weighted by Crippen LogP contribution is -2.26. The minimum absolute atomic E-state index is 0.279. The highest BCUT2D eigenvalue weighted by Crippen LogP contribution is 2.34. The zero-order valence-corrected chi connectivity index (χ0v) is 24.2. The number of nitrogens with zero attached hydrogens (tertiary/aromatic N) is 5. The Morgan fingerprint density at radius 2 is 1.77 bits per heavy atom. The summed E-state index contributed by atoms with van der Waals surface area (Å²) in [5.74, 6) is 0.220. The van der Waals surface area contributed by atoms with Gasteiger partial charge in [0.25, 0.3) is 5.91 Å². The average molecular weight is 586 g/mol. The van der Waals surface area contributed by atoms with Gasteiger partial charge in [-0.1, -0.05) is 48.0 Å². The van der Waals surface area contributed by atoms with Crippen LogP contribution in [0.15, 0.2) is 103 Å². The van der Waals surface area contributed by atoms with Gasteiger partial charge in [-0.15, -0.1) is 0 Å². The molecule has 0 spiro atoms. The quantitative estimate of drug-likeness (QED) is 0.217. The largest absolute Gasteiger partial charge is 0.324 e. The molecule has 0 saturated carbocycles.